The van der Waals surface area contributed by atoms with Crippen LogP contribution in [0.1, 0.15) is 71.3 Å². The molecule has 7 rings (SSSR count). The van der Waals surface area contributed by atoms with Crippen LogP contribution in [0, 0.1) is 29.7 Å². The quantitative estimate of drug-likeness (QED) is 0.148. The maximum absolute atomic E-state index is 13.9. The fourth-order valence-corrected chi connectivity index (χ4v) is 8.58. The van der Waals surface area contributed by atoms with Gasteiger partial charge in [0.15, 0.2) is 5.78 Å². The Morgan fingerprint density at radius 2 is 1.94 bits per heavy atom. The molecule has 4 saturated carbocycles. The number of hydrogen-bond acceptors (Lipinski definition) is 6. The first-order valence-electron chi connectivity index (χ1n) is 17.5. The summed E-state index contributed by atoms with van der Waals surface area (Å²) < 4.78 is 59.3. The van der Waals surface area contributed by atoms with E-state index in [2.05, 4.69) is 30.9 Å². The van der Waals surface area contributed by atoms with E-state index in [1.807, 2.05) is 30.3 Å². The molecule has 1 aromatic rings. The van der Waals surface area contributed by atoms with Crippen LogP contribution in [0.3, 0.4) is 0 Å². The molecule has 2 bridgehead atoms. The summed E-state index contributed by atoms with van der Waals surface area (Å²) >= 11 is 0. The van der Waals surface area contributed by atoms with Gasteiger partial charge in [0.25, 0.3) is 5.91 Å². The van der Waals surface area contributed by atoms with Crippen molar-refractivity contribution in [2.24, 2.45) is 23.2 Å². The minimum absolute atomic E-state index is 0.0485. The van der Waals surface area contributed by atoms with E-state index in [1.165, 1.54) is 0 Å². The van der Waals surface area contributed by atoms with Crippen molar-refractivity contribution in [2.45, 2.75) is 108 Å². The first kappa shape index (κ1) is 35.1. The molecular weight excluding hydrogens is 622 g/mol. The SMILES string of the molecule is [C-]#[N+]C(=CC1CC1)C(=O)N1CCC[C@@H]1COC[C@H](NCC(F)(F)F)C(=O)C[C@@H](Cc1ccccc1)B1O[C@@H]2C[C@H]3C[C@@H](C3(C)C)[C@]2(C)O1. The molecule has 48 heavy (non-hydrogen) atoms. The van der Waals surface area contributed by atoms with Crippen LogP contribution in [-0.4, -0.2) is 80.0 Å². The van der Waals surface area contributed by atoms with Crippen LogP contribution in [0.25, 0.3) is 4.85 Å². The second kappa shape index (κ2) is 13.9. The molecule has 0 spiro atoms. The number of nitrogens with zero attached hydrogens (tertiary/aromatic N) is 2. The number of carbonyl (C=O) groups is 2. The molecule has 6 aliphatic rings. The van der Waals surface area contributed by atoms with Crippen molar-refractivity contribution in [3.63, 3.8) is 0 Å². The van der Waals surface area contributed by atoms with E-state index < -0.39 is 43.1 Å². The second-order valence-corrected chi connectivity index (χ2v) is 15.3. The number of carbonyl (C=O) groups excluding carboxylic acids is 2. The van der Waals surface area contributed by atoms with Gasteiger partial charge in [0.1, 0.15) is 0 Å². The number of benzene rings is 1. The van der Waals surface area contributed by atoms with Gasteiger partial charge in [0, 0.05) is 18.8 Å². The average molecular weight is 670 g/mol. The molecule has 1 amide bonds. The van der Waals surface area contributed by atoms with Crippen LogP contribution in [0.15, 0.2) is 42.1 Å². The summed E-state index contributed by atoms with van der Waals surface area (Å²) in [6.07, 6.45) is 2.88. The minimum Gasteiger partial charge on any atom is -0.405 e. The monoisotopic (exact) mass is 669 g/mol. The van der Waals surface area contributed by atoms with Crippen molar-refractivity contribution < 1.29 is 36.8 Å². The van der Waals surface area contributed by atoms with Gasteiger partial charge in [-0.05, 0) is 80.6 Å². The number of Topliss-reactive ketones (excluding diaryl/α,β-unsaturated/α-hetero) is 1. The lowest BCUT2D eigenvalue weighted by molar-refractivity contribution is -0.199. The van der Waals surface area contributed by atoms with Gasteiger partial charge >= 0.3 is 13.3 Å². The molecule has 1 N–H and O–H groups in total. The van der Waals surface area contributed by atoms with Gasteiger partial charge in [0.2, 0.25) is 5.70 Å². The van der Waals surface area contributed by atoms with E-state index in [0.717, 1.165) is 37.7 Å². The summed E-state index contributed by atoms with van der Waals surface area (Å²) in [6.45, 7) is 13.1. The van der Waals surface area contributed by atoms with Gasteiger partial charge in [-0.25, -0.2) is 4.85 Å². The topological polar surface area (TPSA) is 81.5 Å². The first-order chi connectivity index (χ1) is 22.8. The first-order valence-corrected chi connectivity index (χ1v) is 17.5. The van der Waals surface area contributed by atoms with Crippen molar-refractivity contribution in [2.75, 3.05) is 26.3 Å². The molecular formula is C36H47BF3N3O5. The molecule has 2 saturated heterocycles. The van der Waals surface area contributed by atoms with Crippen LogP contribution in [0.5, 0.6) is 0 Å². The van der Waals surface area contributed by atoms with Gasteiger partial charge in [-0.15, -0.1) is 0 Å². The second-order valence-electron chi connectivity index (χ2n) is 15.3. The Labute approximate surface area is 282 Å². The predicted octanol–water partition coefficient (Wildman–Crippen LogP) is 6.03. The zero-order valence-corrected chi connectivity index (χ0v) is 28.1. The summed E-state index contributed by atoms with van der Waals surface area (Å²) in [5.41, 5.74) is 0.759. The maximum atomic E-state index is 13.9. The third kappa shape index (κ3) is 7.54. The molecule has 2 heterocycles. The highest BCUT2D eigenvalue weighted by atomic mass is 19.4. The van der Waals surface area contributed by atoms with E-state index >= 15 is 0 Å². The standard InChI is InChI=1S/C36H47BF3N3O5/c1-34(2)25-17-31(34)35(3)32(18-25)47-37(48-35)26(15-23-9-6-5-7-10-23)19-30(44)29(42-22-36(38,39)40)21-46-20-27-11-8-14-43(27)33(45)28(41-4)16-24-12-13-24/h5-7,9-10,16,24-27,29,31-32,42H,8,11-15,17-22H2,1-3H3/t25-,26-,27-,29+,31+,32-,35+/m1/s1. The number of ketones is 1. The largest absolute Gasteiger partial charge is 0.461 e. The lowest BCUT2D eigenvalue weighted by Crippen LogP contribution is -2.65. The summed E-state index contributed by atoms with van der Waals surface area (Å²) in [7, 11) is -0.665. The van der Waals surface area contributed by atoms with Crippen LogP contribution in [0.4, 0.5) is 13.2 Å². The van der Waals surface area contributed by atoms with Gasteiger partial charge in [-0.1, -0.05) is 50.3 Å². The fourth-order valence-electron chi connectivity index (χ4n) is 8.58. The number of ether oxygens (including phenoxy) is 1. The van der Waals surface area contributed by atoms with Crippen LogP contribution in [0.2, 0.25) is 5.82 Å². The lowest BCUT2D eigenvalue weighted by Gasteiger charge is -2.64. The average Bonchev–Trinajstić information content (AvgIpc) is 3.61. The number of nitrogens with one attached hydrogen (secondary N) is 1. The number of likely N-dealkylation sites (tertiary alicyclic amines) is 1. The van der Waals surface area contributed by atoms with E-state index in [4.69, 9.17) is 20.6 Å². The van der Waals surface area contributed by atoms with Crippen LogP contribution in [-0.2, 0) is 30.1 Å². The number of halogens is 3. The van der Waals surface area contributed by atoms with E-state index in [9.17, 15) is 22.8 Å². The number of amides is 1. The Morgan fingerprint density at radius 1 is 1.19 bits per heavy atom. The fraction of sp³-hybridized carbons (Fsp3) is 0.694. The highest BCUT2D eigenvalue weighted by Gasteiger charge is 2.68. The summed E-state index contributed by atoms with van der Waals surface area (Å²) in [4.78, 5) is 32.1. The third-order valence-electron chi connectivity index (χ3n) is 11.7. The van der Waals surface area contributed by atoms with Crippen molar-refractivity contribution >= 4 is 18.8 Å². The molecule has 1 aromatic carbocycles. The van der Waals surface area contributed by atoms with Crippen molar-refractivity contribution in [3.05, 3.63) is 59.1 Å². The Hall–Kier alpha value is -2.72. The minimum atomic E-state index is -4.52. The Bertz CT molecular complexity index is 1410. The lowest BCUT2D eigenvalue weighted by atomic mass is 9.43. The van der Waals surface area contributed by atoms with E-state index in [0.29, 0.717) is 31.2 Å². The Kier molecular flexibility index (Phi) is 10.2. The summed E-state index contributed by atoms with van der Waals surface area (Å²) in [6, 6.07) is 8.17. The Balaban J connectivity index is 1.13. The molecule has 260 valence electrons. The molecule has 12 heteroatoms. The number of allylic oxidation sites excluding steroid dienone is 1. The van der Waals surface area contributed by atoms with Gasteiger partial charge in [-0.3, -0.25) is 14.9 Å². The van der Waals surface area contributed by atoms with Gasteiger partial charge in [0.05, 0.1) is 50.1 Å². The molecule has 4 aliphatic carbocycles. The highest BCUT2D eigenvalue weighted by Crippen LogP contribution is 2.66. The number of alkyl halides is 3. The summed E-state index contributed by atoms with van der Waals surface area (Å²) in [5.74, 6) is 0.0143. The smallest absolute Gasteiger partial charge is 0.405 e. The molecule has 8 nitrogen and oxygen atoms in total. The van der Waals surface area contributed by atoms with Gasteiger partial charge < -0.3 is 18.9 Å². The molecule has 7 atom stereocenters. The van der Waals surface area contributed by atoms with E-state index in [1.54, 1.807) is 11.0 Å². The van der Waals surface area contributed by atoms with E-state index in [-0.39, 0.29) is 54.7 Å². The zero-order valence-electron chi connectivity index (χ0n) is 28.1. The van der Waals surface area contributed by atoms with Crippen LogP contribution >= 0.6 is 0 Å². The van der Waals surface area contributed by atoms with Crippen molar-refractivity contribution in [1.29, 1.82) is 0 Å². The summed E-state index contributed by atoms with van der Waals surface area (Å²) in [5, 5.41) is 2.41. The zero-order chi connectivity index (χ0) is 34.3. The normalized spacial score (nSPS) is 30.7. The Morgan fingerprint density at radius 3 is 2.60 bits per heavy atom. The highest BCUT2D eigenvalue weighted by molar-refractivity contribution is 6.48. The van der Waals surface area contributed by atoms with Crippen molar-refractivity contribution in [1.82, 2.24) is 10.2 Å². The molecule has 0 radical (unpaired) electrons. The van der Waals surface area contributed by atoms with Gasteiger partial charge in [-0.2, -0.15) is 13.2 Å². The third-order valence-corrected chi connectivity index (χ3v) is 11.7. The molecule has 0 aromatic heterocycles. The van der Waals surface area contributed by atoms with Crippen LogP contribution < -0.4 is 5.32 Å². The number of hydrogen-bond donors (Lipinski definition) is 1. The van der Waals surface area contributed by atoms with Crippen molar-refractivity contribution in [3.8, 4) is 0 Å². The number of rotatable bonds is 14. The predicted molar refractivity (Wildman–Crippen MR) is 174 cm³/mol. The molecule has 2 aliphatic heterocycles. The molecule has 0 unspecified atom stereocenters. The molecule has 6 fully saturated rings. The maximum Gasteiger partial charge on any atom is 0.461 e.